The first-order chi connectivity index (χ1) is 14.3. The van der Waals surface area contributed by atoms with Gasteiger partial charge in [-0.15, -0.1) is 0 Å². The molecule has 2 aromatic carbocycles. The fourth-order valence-corrected chi connectivity index (χ4v) is 2.69. The van der Waals surface area contributed by atoms with Gasteiger partial charge in [0.25, 0.3) is 11.8 Å². The number of nitrogens with one attached hydrogen (secondary N) is 1. The van der Waals surface area contributed by atoms with Gasteiger partial charge in [0.15, 0.2) is 6.10 Å². The molecule has 1 saturated heterocycles. The van der Waals surface area contributed by atoms with Gasteiger partial charge in [0.05, 0.1) is 12.8 Å². The van der Waals surface area contributed by atoms with Crippen LogP contribution in [0.1, 0.15) is 12.5 Å². The number of nitrogens with zero attached hydrogens (tertiary/aromatic N) is 1. The fourth-order valence-electron chi connectivity index (χ4n) is 2.69. The van der Waals surface area contributed by atoms with Crippen LogP contribution in [0.25, 0.3) is 6.08 Å². The van der Waals surface area contributed by atoms with Crippen molar-refractivity contribution in [1.82, 2.24) is 5.32 Å². The molecule has 1 aliphatic heterocycles. The molecule has 3 rings (SSSR count). The molecule has 0 spiro atoms. The van der Waals surface area contributed by atoms with Gasteiger partial charge in [-0.1, -0.05) is 12.1 Å². The molecule has 0 radical (unpaired) electrons. The Hall–Kier alpha value is -4.14. The molecule has 1 aliphatic rings. The van der Waals surface area contributed by atoms with Crippen LogP contribution in [-0.4, -0.2) is 42.1 Å². The first-order valence-electron chi connectivity index (χ1n) is 8.85. The number of anilines is 1. The molecule has 0 saturated carbocycles. The van der Waals surface area contributed by atoms with Crippen molar-refractivity contribution in [1.29, 1.82) is 0 Å². The van der Waals surface area contributed by atoms with E-state index in [9.17, 15) is 19.2 Å². The first-order valence-corrected chi connectivity index (χ1v) is 8.85. The molecule has 0 aliphatic carbocycles. The highest BCUT2D eigenvalue weighted by Crippen LogP contribution is 2.24. The van der Waals surface area contributed by atoms with Gasteiger partial charge in [-0.3, -0.25) is 14.9 Å². The van der Waals surface area contributed by atoms with E-state index < -0.39 is 29.9 Å². The lowest BCUT2D eigenvalue weighted by atomic mass is 10.1. The quantitative estimate of drug-likeness (QED) is 0.553. The summed E-state index contributed by atoms with van der Waals surface area (Å²) in [6.45, 7) is 1.40. The zero-order valence-corrected chi connectivity index (χ0v) is 16.1. The number of carboxylic acids is 1. The molecule has 1 heterocycles. The summed E-state index contributed by atoms with van der Waals surface area (Å²) in [6, 6.07) is 11.5. The van der Waals surface area contributed by atoms with E-state index in [2.05, 4.69) is 5.32 Å². The maximum Gasteiger partial charge on any atom is 0.344 e. The Morgan fingerprint density at radius 3 is 2.20 bits per heavy atom. The standard InChI is InChI=1S/C21H18N2O7/c1-12(20(26)27)30-16-7-3-13(4-8-16)11-17-18(24)22-21(28)23(19(17)25)14-5-9-15(29-2)10-6-14/h3-12H,1-2H3,(H,26,27)(H,22,24,28)/b17-11+/t12-/m0/s1. The van der Waals surface area contributed by atoms with Crippen molar-refractivity contribution in [2.75, 3.05) is 12.0 Å². The number of ether oxygens (including phenoxy) is 2. The zero-order chi connectivity index (χ0) is 21.8. The number of urea groups is 1. The molecule has 2 N–H and O–H groups in total. The van der Waals surface area contributed by atoms with Crippen molar-refractivity contribution in [3.05, 3.63) is 59.7 Å². The molecule has 154 valence electrons. The average molecular weight is 410 g/mol. The Morgan fingerprint density at radius 2 is 1.63 bits per heavy atom. The van der Waals surface area contributed by atoms with E-state index in [0.29, 0.717) is 17.1 Å². The van der Waals surface area contributed by atoms with Crippen LogP contribution in [-0.2, 0) is 14.4 Å². The van der Waals surface area contributed by atoms with E-state index >= 15 is 0 Å². The second kappa shape index (κ2) is 8.48. The highest BCUT2D eigenvalue weighted by Gasteiger charge is 2.36. The van der Waals surface area contributed by atoms with Crippen LogP contribution in [0.2, 0.25) is 0 Å². The van der Waals surface area contributed by atoms with E-state index in [1.54, 1.807) is 24.3 Å². The van der Waals surface area contributed by atoms with Crippen molar-refractivity contribution in [2.24, 2.45) is 0 Å². The third-order valence-electron chi connectivity index (χ3n) is 4.28. The van der Waals surface area contributed by atoms with Gasteiger partial charge in [0, 0.05) is 0 Å². The largest absolute Gasteiger partial charge is 0.497 e. The van der Waals surface area contributed by atoms with E-state index in [4.69, 9.17) is 14.6 Å². The maximum atomic E-state index is 12.8. The Kier molecular flexibility index (Phi) is 5.82. The highest BCUT2D eigenvalue weighted by molar-refractivity contribution is 6.39. The van der Waals surface area contributed by atoms with Crippen molar-refractivity contribution < 1.29 is 33.8 Å². The second-order valence-corrected chi connectivity index (χ2v) is 6.32. The number of carbonyl (C=O) groups is 4. The number of carboxylic acid groups (broad SMARTS) is 1. The van der Waals surface area contributed by atoms with Crippen molar-refractivity contribution in [3.63, 3.8) is 0 Å². The van der Waals surface area contributed by atoms with Crippen molar-refractivity contribution in [2.45, 2.75) is 13.0 Å². The minimum Gasteiger partial charge on any atom is -0.497 e. The van der Waals surface area contributed by atoms with Gasteiger partial charge in [0.2, 0.25) is 0 Å². The van der Waals surface area contributed by atoms with E-state index in [1.807, 2.05) is 0 Å². The Labute approximate surface area is 171 Å². The number of hydrogen-bond donors (Lipinski definition) is 2. The van der Waals surface area contributed by atoms with Crippen LogP contribution in [0.5, 0.6) is 11.5 Å². The molecule has 4 amide bonds. The number of barbiturate groups is 1. The van der Waals surface area contributed by atoms with Gasteiger partial charge in [-0.2, -0.15) is 0 Å². The first kappa shape index (κ1) is 20.6. The lowest BCUT2D eigenvalue weighted by Gasteiger charge is -2.26. The van der Waals surface area contributed by atoms with Crippen LogP contribution in [0.3, 0.4) is 0 Å². The van der Waals surface area contributed by atoms with E-state index in [0.717, 1.165) is 4.90 Å². The molecule has 1 atom stereocenters. The molecular weight excluding hydrogens is 392 g/mol. The lowest BCUT2D eigenvalue weighted by Crippen LogP contribution is -2.54. The number of aliphatic carboxylic acids is 1. The summed E-state index contributed by atoms with van der Waals surface area (Å²) in [5.41, 5.74) is 0.550. The molecule has 9 heteroatoms. The molecular formula is C21H18N2O7. The number of benzene rings is 2. The number of methoxy groups -OCH3 is 1. The van der Waals surface area contributed by atoms with Gasteiger partial charge < -0.3 is 14.6 Å². The Bertz CT molecular complexity index is 1030. The van der Waals surface area contributed by atoms with Crippen molar-refractivity contribution in [3.8, 4) is 11.5 Å². The topological polar surface area (TPSA) is 122 Å². The molecule has 0 unspecified atom stereocenters. The predicted octanol–water partition coefficient (Wildman–Crippen LogP) is 2.21. The smallest absolute Gasteiger partial charge is 0.344 e. The van der Waals surface area contributed by atoms with E-state index in [-0.39, 0.29) is 11.3 Å². The number of rotatable bonds is 6. The van der Waals surface area contributed by atoms with Gasteiger partial charge >= 0.3 is 12.0 Å². The summed E-state index contributed by atoms with van der Waals surface area (Å²) in [6.07, 6.45) is 0.314. The minimum atomic E-state index is -1.10. The SMILES string of the molecule is COc1ccc(N2C(=O)NC(=O)/C(=C\c3ccc(O[C@@H](C)C(=O)O)cc3)C2=O)cc1. The fraction of sp³-hybridized carbons (Fsp3) is 0.143. The molecule has 1 fully saturated rings. The molecule has 0 aromatic heterocycles. The maximum absolute atomic E-state index is 12.8. The second-order valence-electron chi connectivity index (χ2n) is 6.32. The summed E-state index contributed by atoms with van der Waals surface area (Å²) in [4.78, 5) is 49.0. The van der Waals surface area contributed by atoms with Crippen LogP contribution in [0.4, 0.5) is 10.5 Å². The third-order valence-corrected chi connectivity index (χ3v) is 4.28. The van der Waals surface area contributed by atoms with Crippen LogP contribution in [0, 0.1) is 0 Å². The summed E-state index contributed by atoms with van der Waals surface area (Å²) in [7, 11) is 1.49. The summed E-state index contributed by atoms with van der Waals surface area (Å²) in [5.74, 6) is -1.81. The molecule has 30 heavy (non-hydrogen) atoms. The number of amides is 4. The lowest BCUT2D eigenvalue weighted by molar-refractivity contribution is -0.144. The summed E-state index contributed by atoms with van der Waals surface area (Å²) >= 11 is 0. The number of imide groups is 2. The van der Waals surface area contributed by atoms with Crippen molar-refractivity contribution >= 4 is 35.6 Å². The van der Waals surface area contributed by atoms with Gasteiger partial charge in [-0.05, 0) is 55.0 Å². The van der Waals surface area contributed by atoms with Crippen LogP contribution < -0.4 is 19.7 Å². The van der Waals surface area contributed by atoms with Crippen LogP contribution >= 0.6 is 0 Å². The van der Waals surface area contributed by atoms with Gasteiger partial charge in [0.1, 0.15) is 17.1 Å². The Balaban J connectivity index is 1.85. The zero-order valence-electron chi connectivity index (χ0n) is 16.1. The van der Waals surface area contributed by atoms with Crippen LogP contribution in [0.15, 0.2) is 54.1 Å². The summed E-state index contributed by atoms with van der Waals surface area (Å²) < 4.78 is 10.3. The predicted molar refractivity (Wildman–Crippen MR) is 106 cm³/mol. The highest BCUT2D eigenvalue weighted by atomic mass is 16.5. The van der Waals surface area contributed by atoms with E-state index in [1.165, 1.54) is 44.4 Å². The van der Waals surface area contributed by atoms with Gasteiger partial charge in [-0.25, -0.2) is 14.5 Å². The Morgan fingerprint density at radius 1 is 1.03 bits per heavy atom. The number of carbonyl (C=O) groups excluding carboxylic acids is 3. The molecule has 9 nitrogen and oxygen atoms in total. The third kappa shape index (κ3) is 4.30. The average Bonchev–Trinajstić information content (AvgIpc) is 2.72. The molecule has 0 bridgehead atoms. The minimum absolute atomic E-state index is 0.224. The summed E-state index contributed by atoms with van der Waals surface area (Å²) in [5, 5.41) is 11.0. The number of hydrogen-bond acceptors (Lipinski definition) is 6. The molecule has 2 aromatic rings. The normalized spacial score (nSPS) is 16.3. The monoisotopic (exact) mass is 410 g/mol.